The summed E-state index contributed by atoms with van der Waals surface area (Å²) in [5.74, 6) is -0.689. The molecule has 0 aromatic heterocycles. The van der Waals surface area contributed by atoms with E-state index in [4.69, 9.17) is 5.26 Å². The Morgan fingerprint density at radius 1 is 0.947 bits per heavy atom. The van der Waals surface area contributed by atoms with Gasteiger partial charge >= 0.3 is 6.18 Å². The van der Waals surface area contributed by atoms with Gasteiger partial charge in [0, 0.05) is 5.56 Å². The molecule has 0 N–H and O–H groups in total. The molecule has 0 saturated carbocycles. The fourth-order valence-corrected chi connectivity index (χ4v) is 1.80. The van der Waals surface area contributed by atoms with Crippen LogP contribution in [0.25, 0.3) is 11.1 Å². The van der Waals surface area contributed by atoms with Gasteiger partial charge in [0.15, 0.2) is 0 Å². The molecule has 5 heteroatoms. The molecule has 0 saturated heterocycles. The summed E-state index contributed by atoms with van der Waals surface area (Å²) in [6, 6.07) is 9.69. The first-order valence-corrected chi connectivity index (χ1v) is 5.29. The molecule has 0 amide bonds. The van der Waals surface area contributed by atoms with Crippen LogP contribution >= 0.6 is 0 Å². The van der Waals surface area contributed by atoms with Gasteiger partial charge in [-0.05, 0) is 29.8 Å². The summed E-state index contributed by atoms with van der Waals surface area (Å²) >= 11 is 0. The molecular formula is C14H7F4N. The Kier molecular flexibility index (Phi) is 3.26. The molecule has 0 aliphatic rings. The van der Waals surface area contributed by atoms with Crippen molar-refractivity contribution in [1.29, 1.82) is 5.26 Å². The third-order valence-corrected chi connectivity index (χ3v) is 2.62. The molecule has 1 nitrogen and oxygen atoms in total. The molecule has 0 fully saturated rings. The number of halogens is 4. The van der Waals surface area contributed by atoms with E-state index in [1.807, 2.05) is 0 Å². The number of benzene rings is 2. The fourth-order valence-electron chi connectivity index (χ4n) is 1.80. The highest BCUT2D eigenvalue weighted by Crippen LogP contribution is 2.38. The maximum absolute atomic E-state index is 13.2. The van der Waals surface area contributed by atoms with Crippen LogP contribution in [0.4, 0.5) is 17.6 Å². The lowest BCUT2D eigenvalue weighted by molar-refractivity contribution is -0.137. The van der Waals surface area contributed by atoms with Crippen molar-refractivity contribution in [3.63, 3.8) is 0 Å². The average molecular weight is 265 g/mol. The third kappa shape index (κ3) is 2.58. The zero-order valence-electron chi connectivity index (χ0n) is 9.50. The van der Waals surface area contributed by atoms with Gasteiger partial charge < -0.3 is 0 Å². The summed E-state index contributed by atoms with van der Waals surface area (Å²) in [5.41, 5.74) is -1.16. The number of hydrogen-bond acceptors (Lipinski definition) is 1. The Bertz CT molecular complexity index is 653. The summed E-state index contributed by atoms with van der Waals surface area (Å²) in [4.78, 5) is 0. The van der Waals surface area contributed by atoms with E-state index in [1.165, 1.54) is 18.2 Å². The van der Waals surface area contributed by atoms with Crippen molar-refractivity contribution in [3.8, 4) is 17.2 Å². The molecule has 0 spiro atoms. The van der Waals surface area contributed by atoms with E-state index in [2.05, 4.69) is 0 Å². The fraction of sp³-hybridized carbons (Fsp3) is 0.0714. The van der Waals surface area contributed by atoms with Crippen LogP contribution in [0.1, 0.15) is 11.1 Å². The van der Waals surface area contributed by atoms with E-state index >= 15 is 0 Å². The molecular weight excluding hydrogens is 258 g/mol. The van der Waals surface area contributed by atoms with Crippen molar-refractivity contribution in [2.45, 2.75) is 6.18 Å². The van der Waals surface area contributed by atoms with E-state index in [9.17, 15) is 17.6 Å². The first-order chi connectivity index (χ1) is 8.93. The van der Waals surface area contributed by atoms with Crippen molar-refractivity contribution in [2.24, 2.45) is 0 Å². The zero-order chi connectivity index (χ0) is 14.0. The van der Waals surface area contributed by atoms with Crippen molar-refractivity contribution in [1.82, 2.24) is 0 Å². The smallest absolute Gasteiger partial charge is 0.207 e. The van der Waals surface area contributed by atoms with Crippen LogP contribution in [-0.4, -0.2) is 0 Å². The SMILES string of the molecule is N#Cc1ccc(F)cc1-c1ccccc1C(F)(F)F. The van der Waals surface area contributed by atoms with Crippen LogP contribution in [0.15, 0.2) is 42.5 Å². The largest absolute Gasteiger partial charge is 0.417 e. The van der Waals surface area contributed by atoms with Crippen LogP contribution in [-0.2, 0) is 6.18 Å². The summed E-state index contributed by atoms with van der Waals surface area (Å²) in [7, 11) is 0. The first kappa shape index (κ1) is 13.1. The van der Waals surface area contributed by atoms with Crippen molar-refractivity contribution in [2.75, 3.05) is 0 Å². The summed E-state index contributed by atoms with van der Waals surface area (Å²) in [5, 5.41) is 8.91. The quantitative estimate of drug-likeness (QED) is 0.702. The van der Waals surface area contributed by atoms with Gasteiger partial charge in [-0.3, -0.25) is 0 Å². The Labute approximate surface area is 106 Å². The average Bonchev–Trinajstić information content (AvgIpc) is 2.37. The second-order valence-electron chi connectivity index (χ2n) is 3.85. The van der Waals surface area contributed by atoms with E-state index < -0.39 is 17.6 Å². The molecule has 0 unspecified atom stereocenters. The van der Waals surface area contributed by atoms with E-state index in [-0.39, 0.29) is 16.7 Å². The number of alkyl halides is 3. The third-order valence-electron chi connectivity index (χ3n) is 2.62. The lowest BCUT2D eigenvalue weighted by atomic mass is 9.95. The molecule has 0 atom stereocenters. The predicted molar refractivity (Wildman–Crippen MR) is 61.6 cm³/mol. The minimum Gasteiger partial charge on any atom is -0.207 e. The molecule has 2 aromatic carbocycles. The van der Waals surface area contributed by atoms with Gasteiger partial charge in [-0.2, -0.15) is 18.4 Å². The zero-order valence-corrected chi connectivity index (χ0v) is 9.50. The summed E-state index contributed by atoms with van der Waals surface area (Å²) < 4.78 is 51.9. The Morgan fingerprint density at radius 2 is 1.63 bits per heavy atom. The first-order valence-electron chi connectivity index (χ1n) is 5.29. The second-order valence-corrected chi connectivity index (χ2v) is 3.85. The van der Waals surface area contributed by atoms with Gasteiger partial charge in [0.2, 0.25) is 0 Å². The van der Waals surface area contributed by atoms with Crippen LogP contribution in [0, 0.1) is 17.1 Å². The minimum absolute atomic E-state index is 0.00176. The van der Waals surface area contributed by atoms with E-state index in [0.29, 0.717) is 0 Å². The predicted octanol–water partition coefficient (Wildman–Crippen LogP) is 4.38. The number of nitriles is 1. The van der Waals surface area contributed by atoms with Crippen LogP contribution in [0.3, 0.4) is 0 Å². The van der Waals surface area contributed by atoms with E-state index in [1.54, 1.807) is 6.07 Å². The molecule has 0 heterocycles. The lowest BCUT2D eigenvalue weighted by Crippen LogP contribution is -2.07. The molecule has 2 rings (SSSR count). The molecule has 0 bridgehead atoms. The Balaban J connectivity index is 2.73. The lowest BCUT2D eigenvalue weighted by Gasteiger charge is -2.13. The number of hydrogen-bond donors (Lipinski definition) is 0. The van der Waals surface area contributed by atoms with Gasteiger partial charge in [0.25, 0.3) is 0 Å². The van der Waals surface area contributed by atoms with Crippen molar-refractivity contribution in [3.05, 3.63) is 59.4 Å². The Hall–Kier alpha value is -2.35. The Morgan fingerprint density at radius 3 is 2.26 bits per heavy atom. The van der Waals surface area contributed by atoms with Gasteiger partial charge in [0.05, 0.1) is 17.2 Å². The summed E-state index contributed by atoms with van der Waals surface area (Å²) in [6.45, 7) is 0. The van der Waals surface area contributed by atoms with Gasteiger partial charge in [-0.1, -0.05) is 18.2 Å². The number of nitrogens with zero attached hydrogens (tertiary/aromatic N) is 1. The molecule has 19 heavy (non-hydrogen) atoms. The molecule has 2 aromatic rings. The normalized spacial score (nSPS) is 11.1. The van der Waals surface area contributed by atoms with Crippen LogP contribution in [0.2, 0.25) is 0 Å². The van der Waals surface area contributed by atoms with Crippen LogP contribution < -0.4 is 0 Å². The van der Waals surface area contributed by atoms with E-state index in [0.717, 1.165) is 24.3 Å². The minimum atomic E-state index is -4.56. The maximum atomic E-state index is 13.2. The maximum Gasteiger partial charge on any atom is 0.417 e. The highest BCUT2D eigenvalue weighted by molar-refractivity contribution is 5.73. The monoisotopic (exact) mass is 265 g/mol. The highest BCUT2D eigenvalue weighted by atomic mass is 19.4. The molecule has 0 aliphatic heterocycles. The van der Waals surface area contributed by atoms with Crippen LogP contribution in [0.5, 0.6) is 0 Å². The molecule has 0 radical (unpaired) electrons. The topological polar surface area (TPSA) is 23.8 Å². The second kappa shape index (κ2) is 4.73. The van der Waals surface area contributed by atoms with Gasteiger partial charge in [-0.25, -0.2) is 4.39 Å². The van der Waals surface area contributed by atoms with Crippen molar-refractivity contribution < 1.29 is 17.6 Å². The summed E-state index contributed by atoms with van der Waals surface area (Å²) in [6.07, 6.45) is -4.56. The molecule has 96 valence electrons. The molecule has 0 aliphatic carbocycles. The standard InChI is InChI=1S/C14H7F4N/c15-10-6-5-9(8-19)12(7-10)11-3-1-2-4-13(11)14(16,17)18/h1-7H. The van der Waals surface area contributed by atoms with Crippen molar-refractivity contribution >= 4 is 0 Å². The van der Waals surface area contributed by atoms with Gasteiger partial charge in [0.1, 0.15) is 5.82 Å². The highest BCUT2D eigenvalue weighted by Gasteiger charge is 2.33. The van der Waals surface area contributed by atoms with Gasteiger partial charge in [-0.15, -0.1) is 0 Å². The number of rotatable bonds is 1.